The predicted octanol–water partition coefficient (Wildman–Crippen LogP) is 1.94. The van der Waals surface area contributed by atoms with Crippen molar-refractivity contribution in [2.24, 2.45) is 0 Å². The standard InChI is InChI=1S/C14H20N4OS/c1-3-18(4-2)5-6-20-13-8-12-10(7-11(13)15)14(19)17-9-16-12/h7-9H,3-6,15H2,1-2H3,(H,16,17,19). The molecular formula is C14H20N4OS. The molecule has 20 heavy (non-hydrogen) atoms. The molecule has 5 nitrogen and oxygen atoms in total. The second-order valence-electron chi connectivity index (χ2n) is 4.51. The number of nitrogen functional groups attached to an aromatic ring is 1. The zero-order chi connectivity index (χ0) is 14.5. The Morgan fingerprint density at radius 1 is 1.35 bits per heavy atom. The van der Waals surface area contributed by atoms with Gasteiger partial charge in [0.2, 0.25) is 0 Å². The number of benzene rings is 1. The number of hydrogen-bond donors (Lipinski definition) is 2. The molecule has 0 spiro atoms. The summed E-state index contributed by atoms with van der Waals surface area (Å²) in [5.74, 6) is 0.973. The van der Waals surface area contributed by atoms with E-state index in [0.29, 0.717) is 16.6 Å². The maximum Gasteiger partial charge on any atom is 0.258 e. The van der Waals surface area contributed by atoms with E-state index in [1.165, 1.54) is 6.33 Å². The number of nitrogens with one attached hydrogen (secondary N) is 1. The van der Waals surface area contributed by atoms with Crippen LogP contribution in [0.1, 0.15) is 13.8 Å². The molecule has 1 aromatic carbocycles. The topological polar surface area (TPSA) is 75.0 Å². The Kier molecular flexibility index (Phi) is 5.03. The Balaban J connectivity index is 2.14. The third kappa shape index (κ3) is 3.32. The van der Waals surface area contributed by atoms with Crippen molar-refractivity contribution in [2.45, 2.75) is 18.7 Å². The van der Waals surface area contributed by atoms with E-state index in [-0.39, 0.29) is 5.56 Å². The van der Waals surface area contributed by atoms with Crippen LogP contribution in [0, 0.1) is 0 Å². The van der Waals surface area contributed by atoms with Gasteiger partial charge in [-0.15, -0.1) is 11.8 Å². The van der Waals surface area contributed by atoms with Crippen LogP contribution in [-0.4, -0.2) is 40.3 Å². The van der Waals surface area contributed by atoms with E-state index >= 15 is 0 Å². The maximum atomic E-state index is 11.7. The first-order valence-corrected chi connectivity index (χ1v) is 7.76. The van der Waals surface area contributed by atoms with Crippen LogP contribution in [0.3, 0.4) is 0 Å². The van der Waals surface area contributed by atoms with E-state index in [0.717, 1.165) is 30.3 Å². The molecule has 0 amide bonds. The summed E-state index contributed by atoms with van der Waals surface area (Å²) in [5.41, 5.74) is 7.20. The molecule has 0 aliphatic rings. The lowest BCUT2D eigenvalue weighted by Crippen LogP contribution is -2.25. The molecule has 1 aromatic heterocycles. The van der Waals surface area contributed by atoms with Crippen molar-refractivity contribution in [1.82, 2.24) is 14.9 Å². The summed E-state index contributed by atoms with van der Waals surface area (Å²) < 4.78 is 0. The fourth-order valence-electron chi connectivity index (χ4n) is 2.06. The zero-order valence-electron chi connectivity index (χ0n) is 11.8. The number of aromatic amines is 1. The molecule has 0 aliphatic heterocycles. The predicted molar refractivity (Wildman–Crippen MR) is 85.3 cm³/mol. The lowest BCUT2D eigenvalue weighted by Gasteiger charge is -2.17. The highest BCUT2D eigenvalue weighted by Crippen LogP contribution is 2.27. The Labute approximate surface area is 122 Å². The van der Waals surface area contributed by atoms with Crippen molar-refractivity contribution in [3.63, 3.8) is 0 Å². The number of anilines is 1. The molecule has 2 rings (SSSR count). The molecule has 108 valence electrons. The molecule has 3 N–H and O–H groups in total. The van der Waals surface area contributed by atoms with Gasteiger partial charge in [0.25, 0.3) is 5.56 Å². The Hall–Kier alpha value is -1.53. The van der Waals surface area contributed by atoms with Crippen molar-refractivity contribution < 1.29 is 0 Å². The van der Waals surface area contributed by atoms with Gasteiger partial charge in [-0.2, -0.15) is 0 Å². The van der Waals surface area contributed by atoms with Gasteiger partial charge in [0, 0.05) is 22.9 Å². The zero-order valence-corrected chi connectivity index (χ0v) is 12.7. The van der Waals surface area contributed by atoms with Gasteiger partial charge in [-0.05, 0) is 25.2 Å². The van der Waals surface area contributed by atoms with Crippen LogP contribution in [0.4, 0.5) is 5.69 Å². The summed E-state index contributed by atoms with van der Waals surface area (Å²) in [4.78, 5) is 21.8. The molecular weight excluding hydrogens is 272 g/mol. The van der Waals surface area contributed by atoms with Gasteiger partial charge in [0.15, 0.2) is 0 Å². The number of H-pyrrole nitrogens is 1. The molecule has 0 saturated heterocycles. The Morgan fingerprint density at radius 3 is 2.80 bits per heavy atom. The van der Waals surface area contributed by atoms with E-state index < -0.39 is 0 Å². The van der Waals surface area contributed by atoms with Crippen LogP contribution in [0.25, 0.3) is 10.9 Å². The van der Waals surface area contributed by atoms with Gasteiger partial charge in [-0.25, -0.2) is 4.98 Å². The number of nitrogens with two attached hydrogens (primary N) is 1. The van der Waals surface area contributed by atoms with Crippen LogP contribution < -0.4 is 11.3 Å². The van der Waals surface area contributed by atoms with Gasteiger partial charge < -0.3 is 15.6 Å². The van der Waals surface area contributed by atoms with Gasteiger partial charge in [0.05, 0.1) is 17.2 Å². The second kappa shape index (κ2) is 6.76. The molecule has 6 heteroatoms. The summed E-state index contributed by atoms with van der Waals surface area (Å²) in [6.45, 7) is 7.46. The number of rotatable bonds is 6. The smallest absolute Gasteiger partial charge is 0.258 e. The lowest BCUT2D eigenvalue weighted by atomic mass is 10.2. The second-order valence-corrected chi connectivity index (χ2v) is 5.65. The first-order chi connectivity index (χ1) is 9.65. The largest absolute Gasteiger partial charge is 0.398 e. The summed E-state index contributed by atoms with van der Waals surface area (Å²) in [6, 6.07) is 3.60. The van der Waals surface area contributed by atoms with Gasteiger partial charge >= 0.3 is 0 Å². The first-order valence-electron chi connectivity index (χ1n) is 6.77. The highest BCUT2D eigenvalue weighted by molar-refractivity contribution is 7.99. The van der Waals surface area contributed by atoms with Crippen molar-refractivity contribution >= 4 is 28.4 Å². The quantitative estimate of drug-likeness (QED) is 0.628. The average molecular weight is 292 g/mol. The van der Waals surface area contributed by atoms with Gasteiger partial charge in [-0.3, -0.25) is 4.79 Å². The number of fused-ring (bicyclic) bond motifs is 1. The minimum Gasteiger partial charge on any atom is -0.398 e. The normalized spacial score (nSPS) is 11.3. The third-order valence-corrected chi connectivity index (χ3v) is 4.38. The van der Waals surface area contributed by atoms with Crippen molar-refractivity contribution in [3.05, 3.63) is 28.8 Å². The lowest BCUT2D eigenvalue weighted by molar-refractivity contribution is 0.324. The summed E-state index contributed by atoms with van der Waals surface area (Å²) in [5, 5.41) is 0.540. The fraction of sp³-hybridized carbons (Fsp3) is 0.429. The van der Waals surface area contributed by atoms with Crippen molar-refractivity contribution in [2.75, 3.05) is 31.1 Å². The molecule has 0 bridgehead atoms. The van der Waals surface area contributed by atoms with Crippen molar-refractivity contribution in [1.29, 1.82) is 0 Å². The molecule has 0 fully saturated rings. The monoisotopic (exact) mass is 292 g/mol. The van der Waals surface area contributed by atoms with Crippen molar-refractivity contribution in [3.8, 4) is 0 Å². The van der Waals surface area contributed by atoms with E-state index in [2.05, 4.69) is 28.7 Å². The Morgan fingerprint density at radius 2 is 2.10 bits per heavy atom. The highest BCUT2D eigenvalue weighted by atomic mass is 32.2. The van der Waals surface area contributed by atoms with Gasteiger partial charge in [0.1, 0.15) is 0 Å². The first kappa shape index (κ1) is 14.9. The van der Waals surface area contributed by atoms with Crippen LogP contribution in [0.2, 0.25) is 0 Å². The average Bonchev–Trinajstić information content (AvgIpc) is 2.45. The molecule has 0 unspecified atom stereocenters. The molecule has 0 aliphatic carbocycles. The Bertz CT molecular complexity index is 637. The molecule has 0 saturated carbocycles. The summed E-state index contributed by atoms with van der Waals surface area (Å²) >= 11 is 1.71. The van der Waals surface area contributed by atoms with Crippen LogP contribution in [0.15, 0.2) is 28.2 Å². The summed E-state index contributed by atoms with van der Waals surface area (Å²) in [6.07, 6.45) is 1.42. The molecule has 0 radical (unpaired) electrons. The SMILES string of the molecule is CCN(CC)CCSc1cc2nc[nH]c(=O)c2cc1N. The molecule has 1 heterocycles. The van der Waals surface area contributed by atoms with Crippen LogP contribution in [0.5, 0.6) is 0 Å². The summed E-state index contributed by atoms with van der Waals surface area (Å²) in [7, 11) is 0. The number of hydrogen-bond acceptors (Lipinski definition) is 5. The fourth-order valence-corrected chi connectivity index (χ4v) is 3.05. The number of nitrogens with zero attached hydrogens (tertiary/aromatic N) is 2. The van der Waals surface area contributed by atoms with E-state index in [4.69, 9.17) is 5.73 Å². The number of thioether (sulfide) groups is 1. The van der Waals surface area contributed by atoms with Crippen LogP contribution >= 0.6 is 11.8 Å². The molecule has 0 atom stereocenters. The maximum absolute atomic E-state index is 11.7. The van der Waals surface area contributed by atoms with E-state index in [1.807, 2.05) is 6.07 Å². The minimum atomic E-state index is -0.151. The van der Waals surface area contributed by atoms with Crippen LogP contribution in [-0.2, 0) is 0 Å². The number of aromatic nitrogens is 2. The van der Waals surface area contributed by atoms with Gasteiger partial charge in [-0.1, -0.05) is 13.8 Å². The molecule has 2 aromatic rings. The third-order valence-electron chi connectivity index (χ3n) is 3.33. The van der Waals surface area contributed by atoms with E-state index in [1.54, 1.807) is 17.8 Å². The highest BCUT2D eigenvalue weighted by Gasteiger charge is 2.07. The van der Waals surface area contributed by atoms with E-state index in [9.17, 15) is 4.79 Å². The minimum absolute atomic E-state index is 0.151.